The lowest BCUT2D eigenvalue weighted by atomic mass is 10.0. The van der Waals surface area contributed by atoms with Gasteiger partial charge in [-0.2, -0.15) is 0 Å². The van der Waals surface area contributed by atoms with E-state index in [4.69, 9.17) is 10.5 Å². The SMILES string of the molecule is CCCC(OCC)C(N)c1cnnn1-c1ccccc1. The first-order chi connectivity index (χ1) is 9.77. The summed E-state index contributed by atoms with van der Waals surface area (Å²) in [5.41, 5.74) is 8.21. The molecular weight excluding hydrogens is 252 g/mol. The fourth-order valence-electron chi connectivity index (χ4n) is 2.30. The van der Waals surface area contributed by atoms with E-state index in [9.17, 15) is 0 Å². The van der Waals surface area contributed by atoms with Crippen molar-refractivity contribution in [1.29, 1.82) is 0 Å². The lowest BCUT2D eigenvalue weighted by molar-refractivity contribution is 0.0360. The maximum atomic E-state index is 6.37. The van der Waals surface area contributed by atoms with E-state index in [0.717, 1.165) is 24.2 Å². The Kier molecular flexibility index (Phi) is 5.26. The minimum absolute atomic E-state index is 0.00837. The van der Waals surface area contributed by atoms with Crippen LogP contribution in [0.1, 0.15) is 38.4 Å². The molecule has 0 saturated carbocycles. The molecule has 2 rings (SSSR count). The van der Waals surface area contributed by atoms with Crippen LogP contribution in [0.15, 0.2) is 36.5 Å². The third-order valence-electron chi connectivity index (χ3n) is 3.27. The van der Waals surface area contributed by atoms with E-state index >= 15 is 0 Å². The molecule has 2 aromatic rings. The fourth-order valence-corrected chi connectivity index (χ4v) is 2.30. The van der Waals surface area contributed by atoms with Crippen LogP contribution in [0.3, 0.4) is 0 Å². The molecule has 0 aliphatic heterocycles. The Labute approximate surface area is 119 Å². The smallest absolute Gasteiger partial charge is 0.0839 e. The first-order valence-corrected chi connectivity index (χ1v) is 7.11. The van der Waals surface area contributed by atoms with Gasteiger partial charge in [0.15, 0.2) is 0 Å². The average Bonchev–Trinajstić information content (AvgIpc) is 2.96. The zero-order chi connectivity index (χ0) is 14.4. The number of nitrogens with two attached hydrogens (primary N) is 1. The molecule has 2 N–H and O–H groups in total. The molecule has 2 unspecified atom stereocenters. The molecule has 0 fully saturated rings. The highest BCUT2D eigenvalue weighted by atomic mass is 16.5. The van der Waals surface area contributed by atoms with E-state index < -0.39 is 0 Å². The second-order valence-corrected chi connectivity index (χ2v) is 4.71. The molecule has 0 spiro atoms. The topological polar surface area (TPSA) is 66.0 Å². The van der Waals surface area contributed by atoms with Crippen molar-refractivity contribution in [3.05, 3.63) is 42.2 Å². The molecule has 20 heavy (non-hydrogen) atoms. The van der Waals surface area contributed by atoms with E-state index in [1.165, 1.54) is 0 Å². The van der Waals surface area contributed by atoms with Crippen molar-refractivity contribution >= 4 is 0 Å². The largest absolute Gasteiger partial charge is 0.376 e. The van der Waals surface area contributed by atoms with Gasteiger partial charge < -0.3 is 10.5 Å². The van der Waals surface area contributed by atoms with Crippen molar-refractivity contribution in [2.75, 3.05) is 6.61 Å². The fraction of sp³-hybridized carbons (Fsp3) is 0.467. The minimum atomic E-state index is -0.231. The van der Waals surface area contributed by atoms with Crippen LogP contribution in [-0.2, 0) is 4.74 Å². The lowest BCUT2D eigenvalue weighted by Crippen LogP contribution is -2.30. The first kappa shape index (κ1) is 14.7. The van der Waals surface area contributed by atoms with E-state index in [1.54, 1.807) is 10.9 Å². The summed E-state index contributed by atoms with van der Waals surface area (Å²) in [6.07, 6.45) is 3.67. The van der Waals surface area contributed by atoms with Gasteiger partial charge in [0, 0.05) is 6.61 Å². The van der Waals surface area contributed by atoms with Crippen molar-refractivity contribution in [3.8, 4) is 5.69 Å². The number of hydrogen-bond acceptors (Lipinski definition) is 4. The zero-order valence-electron chi connectivity index (χ0n) is 12.1. The molecule has 1 heterocycles. The second kappa shape index (κ2) is 7.17. The minimum Gasteiger partial charge on any atom is -0.376 e. The molecule has 0 amide bonds. The number of nitrogens with zero attached hydrogens (tertiary/aromatic N) is 3. The summed E-state index contributed by atoms with van der Waals surface area (Å²) in [6.45, 7) is 4.78. The van der Waals surface area contributed by atoms with Crippen molar-refractivity contribution in [2.45, 2.75) is 38.8 Å². The molecule has 2 atom stereocenters. The highest BCUT2D eigenvalue weighted by Crippen LogP contribution is 2.21. The summed E-state index contributed by atoms with van der Waals surface area (Å²) in [5.74, 6) is 0. The average molecular weight is 274 g/mol. The molecule has 0 aliphatic carbocycles. The Hall–Kier alpha value is -1.72. The molecule has 0 bridgehead atoms. The Morgan fingerprint density at radius 2 is 2.00 bits per heavy atom. The van der Waals surface area contributed by atoms with Crippen LogP contribution >= 0.6 is 0 Å². The van der Waals surface area contributed by atoms with Gasteiger partial charge in [0.1, 0.15) is 0 Å². The summed E-state index contributed by atoms with van der Waals surface area (Å²) >= 11 is 0. The molecule has 1 aromatic heterocycles. The van der Waals surface area contributed by atoms with Gasteiger partial charge in [0.25, 0.3) is 0 Å². The molecule has 0 aliphatic rings. The van der Waals surface area contributed by atoms with Gasteiger partial charge >= 0.3 is 0 Å². The van der Waals surface area contributed by atoms with E-state index in [1.807, 2.05) is 37.3 Å². The Bertz CT molecular complexity index is 506. The van der Waals surface area contributed by atoms with Gasteiger partial charge in [0.2, 0.25) is 0 Å². The van der Waals surface area contributed by atoms with E-state index in [0.29, 0.717) is 6.61 Å². The number of ether oxygens (including phenoxy) is 1. The number of aromatic nitrogens is 3. The lowest BCUT2D eigenvalue weighted by Gasteiger charge is -2.23. The number of hydrogen-bond donors (Lipinski definition) is 1. The Morgan fingerprint density at radius 1 is 1.25 bits per heavy atom. The monoisotopic (exact) mass is 274 g/mol. The maximum absolute atomic E-state index is 6.37. The van der Waals surface area contributed by atoms with Gasteiger partial charge in [0.05, 0.1) is 29.7 Å². The maximum Gasteiger partial charge on any atom is 0.0839 e. The summed E-state index contributed by atoms with van der Waals surface area (Å²) in [4.78, 5) is 0. The molecule has 5 heteroatoms. The summed E-state index contributed by atoms with van der Waals surface area (Å²) in [6, 6.07) is 9.66. The molecule has 0 radical (unpaired) electrons. The van der Waals surface area contributed by atoms with Gasteiger partial charge in [-0.3, -0.25) is 0 Å². The predicted octanol–water partition coefficient (Wildman–Crippen LogP) is 2.47. The number of benzene rings is 1. The summed E-state index contributed by atoms with van der Waals surface area (Å²) < 4.78 is 7.55. The molecule has 0 saturated heterocycles. The summed E-state index contributed by atoms with van der Waals surface area (Å²) in [5, 5.41) is 8.14. The molecular formula is C15H22N4O. The van der Waals surface area contributed by atoms with Crippen LogP contribution in [0, 0.1) is 0 Å². The molecule has 1 aromatic carbocycles. The predicted molar refractivity (Wildman–Crippen MR) is 78.6 cm³/mol. The molecule has 5 nitrogen and oxygen atoms in total. The van der Waals surface area contributed by atoms with Crippen LogP contribution in [0.4, 0.5) is 0 Å². The highest BCUT2D eigenvalue weighted by Gasteiger charge is 2.23. The van der Waals surface area contributed by atoms with Gasteiger partial charge in [-0.05, 0) is 25.5 Å². The molecule has 108 valence electrons. The van der Waals surface area contributed by atoms with Crippen LogP contribution in [0.5, 0.6) is 0 Å². The standard InChI is InChI=1S/C15H22N4O/c1-3-8-14(20-4-2)15(16)13-11-17-18-19(13)12-9-6-5-7-10-12/h5-7,9-11,14-15H,3-4,8,16H2,1-2H3. The van der Waals surface area contributed by atoms with Crippen molar-refractivity contribution in [2.24, 2.45) is 5.73 Å². The zero-order valence-corrected chi connectivity index (χ0v) is 12.1. The second-order valence-electron chi connectivity index (χ2n) is 4.71. The van der Waals surface area contributed by atoms with Crippen LogP contribution < -0.4 is 5.73 Å². The van der Waals surface area contributed by atoms with E-state index in [2.05, 4.69) is 17.2 Å². The third kappa shape index (κ3) is 3.23. The van der Waals surface area contributed by atoms with E-state index in [-0.39, 0.29) is 12.1 Å². The normalized spacial score (nSPS) is 14.2. The van der Waals surface area contributed by atoms with Crippen molar-refractivity contribution < 1.29 is 4.74 Å². The Balaban J connectivity index is 2.26. The number of para-hydroxylation sites is 1. The first-order valence-electron chi connectivity index (χ1n) is 7.11. The Morgan fingerprint density at radius 3 is 2.65 bits per heavy atom. The highest BCUT2D eigenvalue weighted by molar-refractivity contribution is 5.32. The van der Waals surface area contributed by atoms with Crippen molar-refractivity contribution in [3.63, 3.8) is 0 Å². The van der Waals surface area contributed by atoms with Crippen LogP contribution in [0.25, 0.3) is 5.69 Å². The summed E-state index contributed by atoms with van der Waals surface area (Å²) in [7, 11) is 0. The third-order valence-corrected chi connectivity index (χ3v) is 3.27. The van der Waals surface area contributed by atoms with Gasteiger partial charge in [-0.1, -0.05) is 36.8 Å². The van der Waals surface area contributed by atoms with Gasteiger partial charge in [-0.15, -0.1) is 5.10 Å². The van der Waals surface area contributed by atoms with Crippen LogP contribution in [0.2, 0.25) is 0 Å². The number of rotatable bonds is 7. The van der Waals surface area contributed by atoms with Gasteiger partial charge in [-0.25, -0.2) is 4.68 Å². The van der Waals surface area contributed by atoms with Crippen LogP contribution in [-0.4, -0.2) is 27.7 Å². The quantitative estimate of drug-likeness (QED) is 0.842. The van der Waals surface area contributed by atoms with Crippen molar-refractivity contribution in [1.82, 2.24) is 15.0 Å².